The third-order valence-electron chi connectivity index (χ3n) is 2.37. The molecule has 0 aromatic carbocycles. The van der Waals surface area contributed by atoms with E-state index >= 15 is 0 Å². The van der Waals surface area contributed by atoms with Gasteiger partial charge in [-0.2, -0.15) is 0 Å². The van der Waals surface area contributed by atoms with Gasteiger partial charge >= 0.3 is 0 Å². The fourth-order valence-electron chi connectivity index (χ4n) is 1.55. The minimum Gasteiger partial charge on any atom is -0.287 e. The highest BCUT2D eigenvalue weighted by Crippen LogP contribution is 2.40. The summed E-state index contributed by atoms with van der Waals surface area (Å²) in [6.07, 6.45) is 6.71. The molecule has 0 N–H and O–H groups in total. The number of thiol groups is 1. The summed E-state index contributed by atoms with van der Waals surface area (Å²) in [6.45, 7) is 0. The average Bonchev–Trinajstić information content (AvgIpc) is 2.15. The molecule has 1 nitrogen and oxygen atoms in total. The van der Waals surface area contributed by atoms with Gasteiger partial charge in [-0.15, -0.1) is 12.6 Å². The molecule has 3 radical (unpaired) electrons. The molecule has 1 saturated carbocycles. The van der Waals surface area contributed by atoms with Crippen LogP contribution in [0.15, 0.2) is 0 Å². The minimum absolute atomic E-state index is 0.00364. The maximum absolute atomic E-state index is 11.1. The molecule has 1 aliphatic rings. The van der Waals surface area contributed by atoms with Crippen LogP contribution in [-0.4, -0.2) is 15.4 Å². The first kappa shape index (κ1) is 9.33. The average molecular weight is 185 g/mol. The van der Waals surface area contributed by atoms with E-state index < -0.39 is 0 Å². The molecule has 0 amide bonds. The monoisotopic (exact) mass is 185 g/mol. The van der Waals surface area contributed by atoms with Crippen molar-refractivity contribution < 1.29 is 4.79 Å². The molecular weight excluding hydrogens is 172 g/mol. The van der Waals surface area contributed by atoms with Crippen molar-refractivity contribution in [3.05, 3.63) is 0 Å². The summed E-state index contributed by atoms with van der Waals surface area (Å²) in [5.74, 6) is 0. The second-order valence-corrected chi connectivity index (χ2v) is 4.66. The fourth-order valence-corrected chi connectivity index (χ4v) is 2.12. The van der Waals surface area contributed by atoms with Crippen LogP contribution in [0, 0.1) is 0 Å². The molecule has 3 heteroatoms. The van der Waals surface area contributed by atoms with E-state index in [1.54, 1.807) is 0 Å². The molecule has 0 aromatic heterocycles. The Morgan fingerprint density at radius 3 is 2.00 bits per heavy atom. The van der Waals surface area contributed by atoms with Crippen LogP contribution in [0.2, 0.25) is 5.04 Å². The topological polar surface area (TPSA) is 17.1 Å². The van der Waals surface area contributed by atoms with E-state index in [2.05, 4.69) is 22.9 Å². The summed E-state index contributed by atoms with van der Waals surface area (Å²) in [7, 11) is 3.54. The first-order valence-electron chi connectivity index (χ1n) is 4.13. The predicted molar refractivity (Wildman–Crippen MR) is 50.1 cm³/mol. The Morgan fingerprint density at radius 1 is 1.18 bits per heavy atom. The number of carbonyl (C=O) groups excluding carboxylic acids is 1. The molecule has 0 atom stereocenters. The fraction of sp³-hybridized carbons (Fsp3) is 0.875. The van der Waals surface area contributed by atoms with E-state index in [9.17, 15) is 4.79 Å². The van der Waals surface area contributed by atoms with Crippen molar-refractivity contribution in [3.8, 4) is 0 Å². The van der Waals surface area contributed by atoms with Crippen LogP contribution < -0.4 is 0 Å². The lowest BCUT2D eigenvalue weighted by Crippen LogP contribution is -2.19. The van der Waals surface area contributed by atoms with Crippen molar-refractivity contribution in [2.45, 2.75) is 43.6 Å². The van der Waals surface area contributed by atoms with Crippen LogP contribution in [0.4, 0.5) is 0 Å². The maximum atomic E-state index is 11.1. The molecule has 0 bridgehead atoms. The highest BCUT2D eigenvalue weighted by atomic mass is 32.1. The molecule has 0 saturated heterocycles. The summed E-state index contributed by atoms with van der Waals surface area (Å²) in [4.78, 5) is 11.1. The lowest BCUT2D eigenvalue weighted by Gasteiger charge is -2.22. The van der Waals surface area contributed by atoms with Crippen LogP contribution in [-0.2, 0) is 4.79 Å². The minimum atomic E-state index is -0.306. The summed E-state index contributed by atoms with van der Waals surface area (Å²) in [5, 5.41) is -0.310. The summed E-state index contributed by atoms with van der Waals surface area (Å²) in [5.41, 5.74) is 0. The van der Waals surface area contributed by atoms with Gasteiger partial charge in [0.2, 0.25) is 0 Å². The van der Waals surface area contributed by atoms with Gasteiger partial charge in [-0.25, -0.2) is 0 Å². The van der Waals surface area contributed by atoms with Crippen LogP contribution in [0.3, 0.4) is 0 Å². The summed E-state index contributed by atoms with van der Waals surface area (Å²) >= 11 is 3.89. The highest BCUT2D eigenvalue weighted by molar-refractivity contribution is 7.97. The Labute approximate surface area is 76.8 Å². The second-order valence-electron chi connectivity index (χ2n) is 3.30. The molecule has 61 valence electrons. The first-order valence-corrected chi connectivity index (χ1v) is 5.08. The van der Waals surface area contributed by atoms with Crippen molar-refractivity contribution in [1.82, 2.24) is 0 Å². The van der Waals surface area contributed by atoms with Crippen molar-refractivity contribution in [2.75, 3.05) is 0 Å². The van der Waals surface area contributed by atoms with Gasteiger partial charge in [-0.3, -0.25) is 4.79 Å². The first-order chi connectivity index (χ1) is 5.15. The van der Waals surface area contributed by atoms with Crippen molar-refractivity contribution in [2.24, 2.45) is 0 Å². The van der Waals surface area contributed by atoms with E-state index in [0.29, 0.717) is 0 Å². The van der Waals surface area contributed by atoms with Gasteiger partial charge in [0.1, 0.15) is 0 Å². The van der Waals surface area contributed by atoms with Gasteiger partial charge in [-0.1, -0.05) is 25.7 Å². The Morgan fingerprint density at radius 2 is 1.64 bits per heavy atom. The lowest BCUT2D eigenvalue weighted by atomic mass is 10.0. The van der Waals surface area contributed by atoms with Crippen LogP contribution in [0.5, 0.6) is 0 Å². The third kappa shape index (κ3) is 2.34. The quantitative estimate of drug-likeness (QED) is 0.376. The third-order valence-corrected chi connectivity index (χ3v) is 3.73. The molecule has 0 heterocycles. The lowest BCUT2D eigenvalue weighted by molar-refractivity contribution is -0.113. The zero-order valence-corrected chi connectivity index (χ0v) is 8.49. The number of hydrogen-bond donors (Lipinski definition) is 1. The van der Waals surface area contributed by atoms with Gasteiger partial charge in [0.05, 0.1) is 0 Å². The molecule has 1 rings (SSSR count). The van der Waals surface area contributed by atoms with E-state index in [4.69, 9.17) is 0 Å². The molecule has 0 unspecified atom stereocenters. The van der Waals surface area contributed by atoms with Gasteiger partial charge in [0.15, 0.2) is 5.12 Å². The van der Waals surface area contributed by atoms with Gasteiger partial charge in [0.25, 0.3) is 0 Å². The normalized spacial score (nSPS) is 24.2. The Bertz CT molecular complexity index is 150. The van der Waals surface area contributed by atoms with Crippen molar-refractivity contribution in [3.63, 3.8) is 0 Å². The van der Waals surface area contributed by atoms with E-state index in [-0.39, 0.29) is 10.2 Å². The molecule has 0 aliphatic heterocycles. The van der Waals surface area contributed by atoms with Gasteiger partial charge in [-0.05, 0) is 12.8 Å². The number of hydrogen-bond acceptors (Lipinski definition) is 1. The molecular formula is C8H13OSSi. The summed E-state index contributed by atoms with van der Waals surface area (Å²) < 4.78 is 0. The van der Waals surface area contributed by atoms with Gasteiger partial charge in [0, 0.05) is 15.3 Å². The van der Waals surface area contributed by atoms with Crippen molar-refractivity contribution >= 4 is 28.0 Å². The second kappa shape index (κ2) is 3.76. The van der Waals surface area contributed by atoms with Crippen molar-refractivity contribution in [1.29, 1.82) is 0 Å². The number of carbonyl (C=O) groups is 1. The largest absolute Gasteiger partial charge is 0.287 e. The van der Waals surface area contributed by atoms with Crippen LogP contribution in [0.1, 0.15) is 38.5 Å². The molecule has 1 fully saturated rings. The Kier molecular flexibility index (Phi) is 3.19. The Balaban J connectivity index is 2.59. The molecule has 0 spiro atoms. The van der Waals surface area contributed by atoms with E-state index in [0.717, 1.165) is 25.7 Å². The standard InChI is InChI=1S/C8H13OSSi/c9-7(10)8(11)5-3-1-2-4-6-8/h1-6H2,(H,9,10). The molecule has 1 aliphatic carbocycles. The summed E-state index contributed by atoms with van der Waals surface area (Å²) in [6, 6.07) is 0. The SMILES string of the molecule is O=C(S)C1([Si])CCCCCC1. The number of rotatable bonds is 1. The van der Waals surface area contributed by atoms with E-state index in [1.807, 2.05) is 0 Å². The Hall–Kier alpha value is 0.237. The van der Waals surface area contributed by atoms with Crippen LogP contribution in [0.25, 0.3) is 0 Å². The zero-order chi connectivity index (χ0) is 8.32. The highest BCUT2D eigenvalue weighted by Gasteiger charge is 2.30. The van der Waals surface area contributed by atoms with E-state index in [1.165, 1.54) is 12.8 Å². The molecule has 0 aromatic rings. The predicted octanol–water partition coefficient (Wildman–Crippen LogP) is 2.12. The van der Waals surface area contributed by atoms with Crippen LogP contribution >= 0.6 is 12.6 Å². The van der Waals surface area contributed by atoms with Gasteiger partial charge < -0.3 is 0 Å². The molecule has 11 heavy (non-hydrogen) atoms. The maximum Gasteiger partial charge on any atom is 0.188 e. The zero-order valence-electron chi connectivity index (χ0n) is 6.60. The smallest absolute Gasteiger partial charge is 0.188 e.